The lowest BCUT2D eigenvalue weighted by Crippen LogP contribution is -2.63. The van der Waals surface area contributed by atoms with E-state index in [1.54, 1.807) is 0 Å². The van der Waals surface area contributed by atoms with Crippen LogP contribution in [0.2, 0.25) is 0 Å². The van der Waals surface area contributed by atoms with E-state index in [1.165, 1.54) is 0 Å². The Morgan fingerprint density at radius 3 is 2.27 bits per heavy atom. The zero-order chi connectivity index (χ0) is 16.5. The number of nitrogens with one attached hydrogen (secondary N) is 1. The maximum atomic E-state index is 12.6. The van der Waals surface area contributed by atoms with Gasteiger partial charge >= 0.3 is 0 Å². The summed E-state index contributed by atoms with van der Waals surface area (Å²) in [6.07, 6.45) is 3.68. The summed E-state index contributed by atoms with van der Waals surface area (Å²) in [5.74, 6) is 0.0380. The Labute approximate surface area is 133 Å². The van der Waals surface area contributed by atoms with E-state index in [4.69, 9.17) is 9.47 Å². The summed E-state index contributed by atoms with van der Waals surface area (Å²) in [6.45, 7) is 7.50. The molecule has 0 aliphatic heterocycles. The van der Waals surface area contributed by atoms with Crippen LogP contribution < -0.4 is 5.32 Å². The Kier molecular flexibility index (Phi) is 5.17. The minimum atomic E-state index is -1.54. The second-order valence-corrected chi connectivity index (χ2v) is 6.87. The van der Waals surface area contributed by atoms with Crippen LogP contribution >= 0.6 is 0 Å². The molecule has 2 aliphatic rings. The molecule has 0 bridgehead atoms. The predicted octanol–water partition coefficient (Wildman–Crippen LogP) is 2.14. The number of carbonyl (C=O) groups excluding carboxylic acids is 1. The third kappa shape index (κ3) is 2.88. The second-order valence-electron chi connectivity index (χ2n) is 6.87. The van der Waals surface area contributed by atoms with Crippen LogP contribution in [0.4, 0.5) is 0 Å². The standard InChI is InChI=1S/C17H29NO4/c1-10(2)21-14-15(19)17(20,16(14)22-11(3)4)12-8-6-7-9-13(12)18-5/h10-13,18,20H,6-9H2,1-5H3/t12-,13-,17+/m0/s1. The van der Waals surface area contributed by atoms with Gasteiger partial charge in [0.15, 0.2) is 11.4 Å². The molecule has 2 aliphatic carbocycles. The highest BCUT2D eigenvalue weighted by Crippen LogP contribution is 2.47. The number of ether oxygens (including phenoxy) is 2. The highest BCUT2D eigenvalue weighted by Gasteiger charge is 2.62. The lowest BCUT2D eigenvalue weighted by Gasteiger charge is -2.48. The average Bonchev–Trinajstić information content (AvgIpc) is 2.49. The van der Waals surface area contributed by atoms with E-state index in [1.807, 2.05) is 34.7 Å². The average molecular weight is 311 g/mol. The summed E-state index contributed by atoms with van der Waals surface area (Å²) in [4.78, 5) is 12.6. The zero-order valence-electron chi connectivity index (χ0n) is 14.3. The van der Waals surface area contributed by atoms with Crippen LogP contribution in [0.15, 0.2) is 11.5 Å². The van der Waals surface area contributed by atoms with E-state index < -0.39 is 5.60 Å². The summed E-state index contributed by atoms with van der Waals surface area (Å²) in [5, 5.41) is 14.4. The van der Waals surface area contributed by atoms with E-state index in [9.17, 15) is 9.90 Å². The van der Waals surface area contributed by atoms with Gasteiger partial charge in [-0.2, -0.15) is 0 Å². The summed E-state index contributed by atoms with van der Waals surface area (Å²) in [6, 6.07) is 0.120. The fraction of sp³-hybridized carbons (Fsp3) is 0.824. The van der Waals surface area contributed by atoms with Crippen molar-refractivity contribution in [1.82, 2.24) is 5.32 Å². The van der Waals surface area contributed by atoms with Crippen LogP contribution in [0.3, 0.4) is 0 Å². The Morgan fingerprint density at radius 2 is 1.73 bits per heavy atom. The molecule has 0 radical (unpaired) electrons. The molecule has 0 spiro atoms. The van der Waals surface area contributed by atoms with E-state index in [2.05, 4.69) is 5.32 Å². The number of aliphatic hydroxyl groups is 1. The van der Waals surface area contributed by atoms with Crippen LogP contribution in [0.5, 0.6) is 0 Å². The highest BCUT2D eigenvalue weighted by molar-refractivity contribution is 6.10. The van der Waals surface area contributed by atoms with Gasteiger partial charge in [0.05, 0.1) is 12.2 Å². The molecule has 5 heteroatoms. The first kappa shape index (κ1) is 17.3. The van der Waals surface area contributed by atoms with Crippen LogP contribution in [-0.4, -0.2) is 41.8 Å². The van der Waals surface area contributed by atoms with Crippen molar-refractivity contribution in [3.63, 3.8) is 0 Å². The molecule has 0 heterocycles. The van der Waals surface area contributed by atoms with Crippen molar-refractivity contribution in [1.29, 1.82) is 0 Å². The van der Waals surface area contributed by atoms with Crippen molar-refractivity contribution in [2.24, 2.45) is 5.92 Å². The van der Waals surface area contributed by atoms with Crippen molar-refractivity contribution < 1.29 is 19.4 Å². The maximum Gasteiger partial charge on any atom is 0.240 e. The van der Waals surface area contributed by atoms with Crippen molar-refractivity contribution in [2.75, 3.05) is 7.05 Å². The SMILES string of the molecule is CN[C@H]1CCCC[C@@H]1[C@@]1(O)C(=O)C(OC(C)C)=C1OC(C)C. The summed E-state index contributed by atoms with van der Waals surface area (Å²) >= 11 is 0. The van der Waals surface area contributed by atoms with Gasteiger partial charge in [0.2, 0.25) is 11.5 Å². The van der Waals surface area contributed by atoms with Gasteiger partial charge in [-0.1, -0.05) is 12.8 Å². The van der Waals surface area contributed by atoms with Crippen molar-refractivity contribution in [2.45, 2.75) is 77.2 Å². The molecule has 2 N–H and O–H groups in total. The van der Waals surface area contributed by atoms with Gasteiger partial charge in [-0.15, -0.1) is 0 Å². The molecule has 3 atom stereocenters. The first-order chi connectivity index (χ1) is 10.3. The molecule has 5 nitrogen and oxygen atoms in total. The smallest absolute Gasteiger partial charge is 0.240 e. The van der Waals surface area contributed by atoms with Gasteiger partial charge < -0.3 is 19.9 Å². The minimum Gasteiger partial charge on any atom is -0.488 e. The van der Waals surface area contributed by atoms with Crippen molar-refractivity contribution >= 4 is 5.78 Å². The number of ketones is 1. The lowest BCUT2D eigenvalue weighted by molar-refractivity contribution is -0.162. The fourth-order valence-electron chi connectivity index (χ4n) is 3.52. The largest absolute Gasteiger partial charge is 0.488 e. The number of hydrogen-bond donors (Lipinski definition) is 2. The molecular weight excluding hydrogens is 282 g/mol. The third-order valence-corrected chi connectivity index (χ3v) is 4.49. The molecule has 0 aromatic rings. The van der Waals surface area contributed by atoms with E-state index in [0.29, 0.717) is 5.76 Å². The zero-order valence-corrected chi connectivity index (χ0v) is 14.3. The molecule has 0 saturated heterocycles. The topological polar surface area (TPSA) is 67.8 Å². The van der Waals surface area contributed by atoms with Crippen molar-refractivity contribution in [3.05, 3.63) is 11.5 Å². The summed E-state index contributed by atoms with van der Waals surface area (Å²) in [7, 11) is 1.88. The first-order valence-electron chi connectivity index (χ1n) is 8.34. The van der Waals surface area contributed by atoms with Crippen molar-refractivity contribution in [3.8, 4) is 0 Å². The van der Waals surface area contributed by atoms with Gasteiger partial charge in [0, 0.05) is 12.0 Å². The van der Waals surface area contributed by atoms with E-state index >= 15 is 0 Å². The molecule has 0 aromatic carbocycles. The molecule has 0 unspecified atom stereocenters. The quantitative estimate of drug-likeness (QED) is 0.786. The number of rotatable bonds is 6. The van der Waals surface area contributed by atoms with Gasteiger partial charge in [-0.25, -0.2) is 0 Å². The van der Waals surface area contributed by atoms with Crippen LogP contribution in [0.25, 0.3) is 0 Å². The van der Waals surface area contributed by atoms with Gasteiger partial charge in [0.25, 0.3) is 0 Å². The summed E-state index contributed by atoms with van der Waals surface area (Å²) in [5.41, 5.74) is -1.54. The maximum absolute atomic E-state index is 12.6. The molecular formula is C17H29NO4. The fourth-order valence-corrected chi connectivity index (χ4v) is 3.52. The van der Waals surface area contributed by atoms with Gasteiger partial charge in [-0.3, -0.25) is 4.79 Å². The Bertz CT molecular complexity index is 458. The monoisotopic (exact) mass is 311 g/mol. The normalized spacial score (nSPS) is 32.5. The molecule has 126 valence electrons. The molecule has 1 fully saturated rings. The number of Topliss-reactive ketones (excluding diaryl/α,β-unsaturated/α-hetero) is 1. The molecule has 1 saturated carbocycles. The number of carbonyl (C=O) groups is 1. The first-order valence-corrected chi connectivity index (χ1v) is 8.34. The Hall–Kier alpha value is -1.07. The third-order valence-electron chi connectivity index (χ3n) is 4.49. The van der Waals surface area contributed by atoms with Crippen LogP contribution in [0, 0.1) is 5.92 Å². The van der Waals surface area contributed by atoms with E-state index in [0.717, 1.165) is 25.7 Å². The highest BCUT2D eigenvalue weighted by atomic mass is 16.6. The minimum absolute atomic E-state index is 0.114. The molecule has 0 amide bonds. The molecule has 0 aromatic heterocycles. The van der Waals surface area contributed by atoms with Gasteiger partial charge in [-0.05, 0) is 47.6 Å². The second kappa shape index (κ2) is 6.59. The molecule has 2 rings (SSSR count). The van der Waals surface area contributed by atoms with E-state index in [-0.39, 0.29) is 35.7 Å². The number of hydrogen-bond acceptors (Lipinski definition) is 5. The lowest BCUT2D eigenvalue weighted by atomic mass is 9.65. The van der Waals surface area contributed by atoms with Crippen LogP contribution in [0.1, 0.15) is 53.4 Å². The Morgan fingerprint density at radius 1 is 1.14 bits per heavy atom. The molecule has 22 heavy (non-hydrogen) atoms. The summed E-state index contributed by atoms with van der Waals surface area (Å²) < 4.78 is 11.4. The predicted molar refractivity (Wildman–Crippen MR) is 84.2 cm³/mol. The Balaban J connectivity index is 2.34. The van der Waals surface area contributed by atoms with Crippen LogP contribution in [-0.2, 0) is 14.3 Å². The van der Waals surface area contributed by atoms with Gasteiger partial charge in [0.1, 0.15) is 0 Å².